The van der Waals surface area contributed by atoms with Gasteiger partial charge in [-0.05, 0) is 31.4 Å². The number of hydrogen-bond donors (Lipinski definition) is 2. The quantitative estimate of drug-likeness (QED) is 0.684. The maximum Gasteiger partial charge on any atom is 0.278 e. The highest BCUT2D eigenvalue weighted by molar-refractivity contribution is 7.92. The van der Waals surface area contributed by atoms with Crippen molar-refractivity contribution >= 4 is 22.0 Å². The normalized spacial score (nSPS) is 21.7. The Balaban J connectivity index is 1.49. The molecule has 0 unspecified atom stereocenters. The summed E-state index contributed by atoms with van der Waals surface area (Å²) >= 11 is 0. The predicted molar refractivity (Wildman–Crippen MR) is 116 cm³/mol. The first kappa shape index (κ1) is 22.0. The van der Waals surface area contributed by atoms with Crippen molar-refractivity contribution in [2.45, 2.75) is 57.5 Å². The number of nitrogens with zero attached hydrogens (tertiary/aromatic N) is 1. The molecule has 0 aromatic heterocycles. The van der Waals surface area contributed by atoms with E-state index in [1.54, 1.807) is 6.08 Å². The average Bonchev–Trinajstić information content (AvgIpc) is 3.01. The molecule has 1 heterocycles. The van der Waals surface area contributed by atoms with Gasteiger partial charge in [0.2, 0.25) is 10.0 Å². The predicted octanol–water partition coefficient (Wildman–Crippen LogP) is 1.42. The molecule has 7 heteroatoms. The van der Waals surface area contributed by atoms with Crippen LogP contribution in [0.5, 0.6) is 0 Å². The minimum absolute atomic E-state index is 0.104. The van der Waals surface area contributed by atoms with Gasteiger partial charge < -0.3 is 10.2 Å². The fourth-order valence-electron chi connectivity index (χ4n) is 4.21. The number of benzene rings is 1. The van der Waals surface area contributed by atoms with Gasteiger partial charge in [0.1, 0.15) is 0 Å². The monoisotopic (exact) mass is 420 g/mol. The highest BCUT2D eigenvalue weighted by atomic mass is 32.2. The van der Waals surface area contributed by atoms with Crippen LogP contribution in [0.3, 0.4) is 0 Å². The third-order valence-electron chi connectivity index (χ3n) is 6.16. The summed E-state index contributed by atoms with van der Waals surface area (Å²) in [7, 11) is -3.44. The van der Waals surface area contributed by atoms with Crippen LogP contribution in [0, 0.1) is 0 Å². The van der Waals surface area contributed by atoms with E-state index in [0.29, 0.717) is 32.2 Å². The summed E-state index contributed by atoms with van der Waals surface area (Å²) in [6.45, 7) is 4.14. The molecule has 1 aromatic carbocycles. The third-order valence-corrected chi connectivity index (χ3v) is 7.73. The van der Waals surface area contributed by atoms with Gasteiger partial charge in [-0.25, -0.2) is 8.42 Å². The summed E-state index contributed by atoms with van der Waals surface area (Å²) in [5, 5.41) is 4.52. The van der Waals surface area contributed by atoms with Gasteiger partial charge in [-0.15, -0.1) is 0 Å². The first-order valence-electron chi connectivity index (χ1n) is 10.8. The van der Waals surface area contributed by atoms with Crippen molar-refractivity contribution < 1.29 is 18.1 Å². The average molecular weight is 421 g/mol. The Kier molecular flexibility index (Phi) is 7.86. The molecule has 1 saturated heterocycles. The van der Waals surface area contributed by atoms with Crippen molar-refractivity contribution in [2.75, 3.05) is 26.2 Å². The van der Waals surface area contributed by atoms with Crippen molar-refractivity contribution in [2.24, 2.45) is 0 Å². The highest BCUT2D eigenvalue weighted by Gasteiger charge is 2.33. The van der Waals surface area contributed by atoms with E-state index in [4.69, 9.17) is 0 Å². The molecule has 1 atom stereocenters. The minimum Gasteiger partial charge on any atom is -0.348 e. The van der Waals surface area contributed by atoms with Gasteiger partial charge in [-0.2, -0.15) is 4.31 Å². The number of sulfonamides is 1. The molecule has 160 valence electrons. The second kappa shape index (κ2) is 10.4. The zero-order valence-corrected chi connectivity index (χ0v) is 18.2. The number of carbonyl (C=O) groups excluding carboxylic acids is 1. The molecule has 3 rings (SSSR count). The maximum absolute atomic E-state index is 12.7. The van der Waals surface area contributed by atoms with Crippen LogP contribution < -0.4 is 10.2 Å². The van der Waals surface area contributed by atoms with E-state index >= 15 is 0 Å². The van der Waals surface area contributed by atoms with Gasteiger partial charge >= 0.3 is 0 Å². The molecule has 1 aliphatic heterocycles. The number of piperazine rings is 1. The lowest BCUT2D eigenvalue weighted by Crippen LogP contribution is -3.19. The summed E-state index contributed by atoms with van der Waals surface area (Å²) in [6, 6.07) is 9.58. The lowest BCUT2D eigenvalue weighted by molar-refractivity contribution is -0.917. The van der Waals surface area contributed by atoms with Crippen molar-refractivity contribution in [3.8, 4) is 0 Å². The van der Waals surface area contributed by atoms with Gasteiger partial charge in [-0.3, -0.25) is 4.79 Å². The standard InChI is InChI=1S/C22H33N3O3S/c1-19(22(26)23-21-11-7-2-3-8-12-21)24-14-16-25(17-15-24)29(27,28)18-13-20-9-5-4-6-10-20/h4-6,9-10,13,18-19,21H,2-3,7-8,11-12,14-17H2,1H3,(H,23,26)/p+1/b18-13+/t19-/m0/s1. The Morgan fingerprint density at radius 2 is 1.72 bits per heavy atom. The topological polar surface area (TPSA) is 70.9 Å². The van der Waals surface area contributed by atoms with Gasteiger partial charge in [-0.1, -0.05) is 56.0 Å². The smallest absolute Gasteiger partial charge is 0.278 e. The first-order chi connectivity index (χ1) is 14.0. The SMILES string of the molecule is C[C@@H](C(=O)NC1CCCCCC1)[NH+]1CCN(S(=O)(=O)/C=C/c2ccccc2)CC1. The molecule has 2 aliphatic rings. The zero-order chi connectivity index (χ0) is 20.7. The fraction of sp³-hybridized carbons (Fsp3) is 0.591. The van der Waals surface area contributed by atoms with Gasteiger partial charge in [0.05, 0.1) is 26.2 Å². The van der Waals surface area contributed by atoms with E-state index in [1.165, 1.54) is 35.4 Å². The number of hydrogen-bond acceptors (Lipinski definition) is 3. The van der Waals surface area contributed by atoms with E-state index in [0.717, 1.165) is 23.3 Å². The molecule has 1 amide bonds. The number of nitrogens with one attached hydrogen (secondary N) is 2. The Morgan fingerprint density at radius 1 is 1.10 bits per heavy atom. The summed E-state index contributed by atoms with van der Waals surface area (Å²) in [5.74, 6) is 0.104. The van der Waals surface area contributed by atoms with Crippen LogP contribution >= 0.6 is 0 Å². The van der Waals surface area contributed by atoms with Crippen molar-refractivity contribution in [1.29, 1.82) is 0 Å². The molecule has 6 nitrogen and oxygen atoms in total. The molecule has 2 N–H and O–H groups in total. The third kappa shape index (κ3) is 6.39. The molecule has 1 saturated carbocycles. The van der Waals surface area contributed by atoms with Crippen LogP contribution in [0.2, 0.25) is 0 Å². The summed E-state index contributed by atoms with van der Waals surface area (Å²) in [4.78, 5) is 13.8. The molecule has 1 aliphatic carbocycles. The summed E-state index contributed by atoms with van der Waals surface area (Å²) in [6.07, 6.45) is 8.71. The maximum atomic E-state index is 12.7. The number of amides is 1. The fourth-order valence-corrected chi connectivity index (χ4v) is 5.40. The Hall–Kier alpha value is -1.70. The second-order valence-electron chi connectivity index (χ2n) is 8.23. The second-order valence-corrected chi connectivity index (χ2v) is 10.1. The highest BCUT2D eigenvalue weighted by Crippen LogP contribution is 2.17. The van der Waals surface area contributed by atoms with Crippen LogP contribution in [-0.4, -0.2) is 56.9 Å². The molecular weight excluding hydrogens is 386 g/mol. The van der Waals surface area contributed by atoms with E-state index in [-0.39, 0.29) is 11.9 Å². The zero-order valence-electron chi connectivity index (χ0n) is 17.3. The van der Waals surface area contributed by atoms with E-state index in [2.05, 4.69) is 5.32 Å². The minimum atomic E-state index is -3.44. The van der Waals surface area contributed by atoms with E-state index < -0.39 is 10.0 Å². The molecule has 1 aromatic rings. The van der Waals surface area contributed by atoms with Crippen LogP contribution in [0.15, 0.2) is 35.7 Å². The van der Waals surface area contributed by atoms with Crippen LogP contribution in [-0.2, 0) is 14.8 Å². The summed E-state index contributed by atoms with van der Waals surface area (Å²) in [5.41, 5.74) is 0.865. The molecule has 29 heavy (non-hydrogen) atoms. The van der Waals surface area contributed by atoms with Crippen molar-refractivity contribution in [3.05, 3.63) is 41.3 Å². The molecule has 2 fully saturated rings. The Morgan fingerprint density at radius 3 is 2.34 bits per heavy atom. The molecule has 0 bridgehead atoms. The lowest BCUT2D eigenvalue weighted by atomic mass is 10.1. The Labute approximate surface area is 175 Å². The van der Waals surface area contributed by atoms with E-state index in [9.17, 15) is 13.2 Å². The first-order valence-corrected chi connectivity index (χ1v) is 12.3. The van der Waals surface area contributed by atoms with Gasteiger partial charge in [0, 0.05) is 11.4 Å². The van der Waals surface area contributed by atoms with E-state index in [1.807, 2.05) is 37.3 Å². The number of quaternary nitrogens is 1. The van der Waals surface area contributed by atoms with Crippen LogP contribution in [0.1, 0.15) is 51.0 Å². The van der Waals surface area contributed by atoms with Crippen LogP contribution in [0.25, 0.3) is 6.08 Å². The lowest BCUT2D eigenvalue weighted by Gasteiger charge is -2.34. The van der Waals surface area contributed by atoms with Crippen molar-refractivity contribution in [3.63, 3.8) is 0 Å². The molecular formula is C22H34N3O3S+. The Bertz CT molecular complexity index is 779. The van der Waals surface area contributed by atoms with Gasteiger partial charge in [0.25, 0.3) is 5.91 Å². The van der Waals surface area contributed by atoms with Crippen LogP contribution in [0.4, 0.5) is 0 Å². The van der Waals surface area contributed by atoms with Gasteiger partial charge in [0.15, 0.2) is 6.04 Å². The largest absolute Gasteiger partial charge is 0.348 e. The molecule has 0 radical (unpaired) electrons. The van der Waals surface area contributed by atoms with Crippen molar-refractivity contribution in [1.82, 2.24) is 9.62 Å². The summed E-state index contributed by atoms with van der Waals surface area (Å²) < 4.78 is 26.7. The number of carbonyl (C=O) groups is 1. The number of rotatable bonds is 6. The molecule has 0 spiro atoms.